The molecule has 0 aliphatic carbocycles. The van der Waals surface area contributed by atoms with Crippen molar-refractivity contribution in [1.29, 1.82) is 0 Å². The molecule has 0 amide bonds. The van der Waals surface area contributed by atoms with Gasteiger partial charge in [0.2, 0.25) is 0 Å². The number of carbonyl (C=O) groups excluding carboxylic acids is 1. The fraction of sp³-hybridized carbons (Fsp3) is 0.500. The van der Waals surface area contributed by atoms with E-state index in [9.17, 15) is 4.79 Å². The lowest BCUT2D eigenvalue weighted by Gasteiger charge is -2.24. The zero-order valence-corrected chi connectivity index (χ0v) is 17.1. The van der Waals surface area contributed by atoms with Crippen molar-refractivity contribution < 1.29 is 9.36 Å². The van der Waals surface area contributed by atoms with Gasteiger partial charge in [-0.2, -0.15) is 0 Å². The van der Waals surface area contributed by atoms with Gasteiger partial charge in [0.15, 0.2) is 12.4 Å². The maximum atomic E-state index is 12.6. The normalized spacial score (nSPS) is 10.7. The van der Waals surface area contributed by atoms with E-state index in [-0.39, 0.29) is 5.91 Å². The molecule has 2 rings (SSSR count). The number of pyridine rings is 1. The summed E-state index contributed by atoms with van der Waals surface area (Å²) in [5, 5.41) is 0. The van der Waals surface area contributed by atoms with E-state index in [1.807, 2.05) is 42.7 Å². The third kappa shape index (κ3) is 7.16. The van der Waals surface area contributed by atoms with Crippen molar-refractivity contribution in [3.63, 3.8) is 0 Å². The molecule has 0 fully saturated rings. The Morgan fingerprint density at radius 1 is 0.778 bits per heavy atom. The number of anilines is 1. The minimum atomic E-state index is 0.0135. The Labute approximate surface area is 165 Å². The summed E-state index contributed by atoms with van der Waals surface area (Å²) >= 11 is 0. The number of aromatic nitrogens is 1. The molecule has 0 aliphatic rings. The molecule has 0 spiro atoms. The van der Waals surface area contributed by atoms with Crippen LogP contribution in [0.2, 0.25) is 0 Å². The molecule has 1 aromatic carbocycles. The van der Waals surface area contributed by atoms with Gasteiger partial charge in [0.1, 0.15) is 0 Å². The Morgan fingerprint density at radius 3 is 1.85 bits per heavy atom. The molecule has 0 bridgehead atoms. The van der Waals surface area contributed by atoms with E-state index >= 15 is 0 Å². The topological polar surface area (TPSA) is 24.2 Å². The molecule has 1 aromatic heterocycles. The van der Waals surface area contributed by atoms with Crippen LogP contribution in [0, 0.1) is 0 Å². The highest BCUT2D eigenvalue weighted by atomic mass is 16.2. The summed E-state index contributed by atoms with van der Waals surface area (Å²) in [6, 6.07) is 13.6. The SMILES string of the molecule is CCCCCCN(CCCCCC)c1cc[n+](C(=O)c2ccccc2)cc1. The Balaban J connectivity index is 2.01. The number of hydrogen-bond donors (Lipinski definition) is 0. The van der Waals surface area contributed by atoms with Crippen molar-refractivity contribution in [3.05, 3.63) is 60.4 Å². The largest absolute Gasteiger partial charge is 0.424 e. The van der Waals surface area contributed by atoms with Crippen molar-refractivity contribution >= 4 is 11.6 Å². The van der Waals surface area contributed by atoms with E-state index in [1.165, 1.54) is 57.1 Å². The first kappa shape index (κ1) is 21.1. The summed E-state index contributed by atoms with van der Waals surface area (Å²) in [6.45, 7) is 6.70. The lowest BCUT2D eigenvalue weighted by Crippen LogP contribution is -2.42. The molecule has 3 heteroatoms. The number of hydrogen-bond acceptors (Lipinski definition) is 2. The van der Waals surface area contributed by atoms with Crippen LogP contribution in [0.1, 0.15) is 75.6 Å². The van der Waals surface area contributed by atoms with E-state index in [4.69, 9.17) is 0 Å². The highest BCUT2D eigenvalue weighted by Crippen LogP contribution is 2.15. The molecule has 0 saturated carbocycles. The molecule has 0 radical (unpaired) electrons. The van der Waals surface area contributed by atoms with Crippen LogP contribution >= 0.6 is 0 Å². The molecule has 146 valence electrons. The van der Waals surface area contributed by atoms with Gasteiger partial charge in [0.25, 0.3) is 0 Å². The second-order valence-corrected chi connectivity index (χ2v) is 7.24. The molecule has 2 aromatic rings. The minimum Gasteiger partial charge on any atom is -0.371 e. The average Bonchev–Trinajstić information content (AvgIpc) is 2.73. The van der Waals surface area contributed by atoms with Crippen molar-refractivity contribution in [2.24, 2.45) is 0 Å². The number of benzene rings is 1. The van der Waals surface area contributed by atoms with Crippen LogP contribution in [0.15, 0.2) is 54.9 Å². The summed E-state index contributed by atoms with van der Waals surface area (Å²) in [5.74, 6) is 0.0135. The van der Waals surface area contributed by atoms with Gasteiger partial charge in [-0.05, 0) is 25.0 Å². The van der Waals surface area contributed by atoms with Gasteiger partial charge < -0.3 is 4.90 Å². The molecular weight excluding hydrogens is 332 g/mol. The molecule has 0 atom stereocenters. The fourth-order valence-electron chi connectivity index (χ4n) is 3.32. The maximum Gasteiger partial charge on any atom is 0.424 e. The number of rotatable bonds is 12. The molecule has 1 heterocycles. The Morgan fingerprint density at radius 2 is 1.33 bits per heavy atom. The van der Waals surface area contributed by atoms with Crippen LogP contribution < -0.4 is 9.47 Å². The van der Waals surface area contributed by atoms with Crippen LogP contribution in [0.3, 0.4) is 0 Å². The van der Waals surface area contributed by atoms with Crippen LogP contribution in [-0.2, 0) is 0 Å². The van der Waals surface area contributed by atoms with Crippen molar-refractivity contribution in [2.75, 3.05) is 18.0 Å². The third-order valence-electron chi connectivity index (χ3n) is 5.00. The molecule has 27 heavy (non-hydrogen) atoms. The lowest BCUT2D eigenvalue weighted by molar-refractivity contribution is -0.570. The first-order chi connectivity index (χ1) is 13.3. The monoisotopic (exact) mass is 367 g/mol. The van der Waals surface area contributed by atoms with Crippen molar-refractivity contribution in [1.82, 2.24) is 0 Å². The Kier molecular flexibility index (Phi) is 9.61. The number of nitrogens with zero attached hydrogens (tertiary/aromatic N) is 2. The van der Waals surface area contributed by atoms with Gasteiger partial charge in [0.05, 0.1) is 5.56 Å². The van der Waals surface area contributed by atoms with Crippen LogP contribution in [-0.4, -0.2) is 19.0 Å². The van der Waals surface area contributed by atoms with Gasteiger partial charge in [-0.3, -0.25) is 0 Å². The fourth-order valence-corrected chi connectivity index (χ4v) is 3.32. The molecule has 0 aliphatic heterocycles. The summed E-state index contributed by atoms with van der Waals surface area (Å²) in [7, 11) is 0. The van der Waals surface area contributed by atoms with E-state index in [0.717, 1.165) is 13.1 Å². The first-order valence-corrected chi connectivity index (χ1v) is 10.6. The summed E-state index contributed by atoms with van der Waals surface area (Å²) in [6.07, 6.45) is 14.0. The van der Waals surface area contributed by atoms with Gasteiger partial charge in [-0.25, -0.2) is 4.79 Å². The minimum absolute atomic E-state index is 0.0135. The van der Waals surface area contributed by atoms with E-state index < -0.39 is 0 Å². The van der Waals surface area contributed by atoms with Gasteiger partial charge >= 0.3 is 5.91 Å². The van der Waals surface area contributed by atoms with E-state index in [1.54, 1.807) is 4.57 Å². The van der Waals surface area contributed by atoms with Crippen LogP contribution in [0.5, 0.6) is 0 Å². The molecule has 0 unspecified atom stereocenters. The Hall–Kier alpha value is -2.16. The molecule has 3 nitrogen and oxygen atoms in total. The van der Waals surface area contributed by atoms with Gasteiger partial charge in [0, 0.05) is 30.9 Å². The quantitative estimate of drug-likeness (QED) is 0.359. The number of unbranched alkanes of at least 4 members (excludes halogenated alkanes) is 6. The first-order valence-electron chi connectivity index (χ1n) is 10.6. The smallest absolute Gasteiger partial charge is 0.371 e. The van der Waals surface area contributed by atoms with Crippen LogP contribution in [0.4, 0.5) is 5.69 Å². The second kappa shape index (κ2) is 12.3. The lowest BCUT2D eigenvalue weighted by atomic mass is 10.1. The Bertz CT molecular complexity index is 640. The van der Waals surface area contributed by atoms with Gasteiger partial charge in [-0.1, -0.05) is 70.6 Å². The van der Waals surface area contributed by atoms with Crippen molar-refractivity contribution in [3.8, 4) is 0 Å². The second-order valence-electron chi connectivity index (χ2n) is 7.24. The maximum absolute atomic E-state index is 12.6. The standard InChI is InChI=1S/C24H35N2O/c1-3-5-7-12-18-25(19-13-8-6-4-2)23-16-20-26(21-17-23)24(27)22-14-10-9-11-15-22/h9-11,14-17,20-21H,3-8,12-13,18-19H2,1-2H3/q+1. The summed E-state index contributed by atoms with van der Waals surface area (Å²) < 4.78 is 1.67. The predicted octanol–water partition coefficient (Wildman–Crippen LogP) is 5.63. The third-order valence-corrected chi connectivity index (χ3v) is 5.00. The van der Waals surface area contributed by atoms with Gasteiger partial charge in [-0.15, -0.1) is 4.57 Å². The highest BCUT2D eigenvalue weighted by Gasteiger charge is 2.17. The molecule has 0 saturated heterocycles. The highest BCUT2D eigenvalue weighted by molar-refractivity contribution is 5.86. The summed E-state index contributed by atoms with van der Waals surface area (Å²) in [4.78, 5) is 15.1. The summed E-state index contributed by atoms with van der Waals surface area (Å²) in [5.41, 5.74) is 1.94. The number of carbonyl (C=O) groups is 1. The molecule has 0 N–H and O–H groups in total. The average molecular weight is 368 g/mol. The predicted molar refractivity (Wildman–Crippen MR) is 113 cm³/mol. The van der Waals surface area contributed by atoms with E-state index in [2.05, 4.69) is 30.9 Å². The van der Waals surface area contributed by atoms with Crippen LogP contribution in [0.25, 0.3) is 0 Å². The van der Waals surface area contributed by atoms with Crippen molar-refractivity contribution in [2.45, 2.75) is 65.2 Å². The van der Waals surface area contributed by atoms with E-state index in [0.29, 0.717) is 5.56 Å². The molecular formula is C24H35N2O+. The zero-order valence-electron chi connectivity index (χ0n) is 17.1. The zero-order chi connectivity index (χ0) is 19.3.